The van der Waals surface area contributed by atoms with Gasteiger partial charge in [-0.25, -0.2) is 4.68 Å². The maximum absolute atomic E-state index is 5.93. The van der Waals surface area contributed by atoms with E-state index in [0.717, 1.165) is 30.0 Å². The Kier molecular flexibility index (Phi) is 4.55. The standard InChI is InChI=1S/C14H21N5O/c1-4-12(5-2)19-14(16-17-18-19)10-7-11(15)9-13(8-10)20-6-3/h7-9,12H,4-6,15H2,1-3H3. The Labute approximate surface area is 118 Å². The summed E-state index contributed by atoms with van der Waals surface area (Å²) < 4.78 is 7.39. The highest BCUT2D eigenvalue weighted by atomic mass is 16.5. The lowest BCUT2D eigenvalue weighted by Crippen LogP contribution is -2.10. The number of nitrogens with zero attached hydrogens (tertiary/aromatic N) is 4. The van der Waals surface area contributed by atoms with Crippen LogP contribution in [0.3, 0.4) is 0 Å². The summed E-state index contributed by atoms with van der Waals surface area (Å²) in [5.41, 5.74) is 7.45. The lowest BCUT2D eigenvalue weighted by molar-refractivity contribution is 0.340. The largest absolute Gasteiger partial charge is 0.494 e. The number of hydrogen-bond donors (Lipinski definition) is 1. The first-order valence-corrected chi connectivity index (χ1v) is 7.01. The van der Waals surface area contributed by atoms with Crippen molar-refractivity contribution in [2.75, 3.05) is 12.3 Å². The number of hydrogen-bond acceptors (Lipinski definition) is 5. The van der Waals surface area contributed by atoms with E-state index in [2.05, 4.69) is 29.4 Å². The zero-order valence-corrected chi connectivity index (χ0v) is 12.2. The summed E-state index contributed by atoms with van der Waals surface area (Å²) in [6.45, 7) is 6.80. The zero-order valence-electron chi connectivity index (χ0n) is 12.2. The second-order valence-electron chi connectivity index (χ2n) is 4.64. The second kappa shape index (κ2) is 6.36. The van der Waals surface area contributed by atoms with Crippen molar-refractivity contribution in [3.8, 4) is 17.1 Å². The van der Waals surface area contributed by atoms with Gasteiger partial charge in [-0.15, -0.1) is 5.10 Å². The van der Waals surface area contributed by atoms with Crippen LogP contribution >= 0.6 is 0 Å². The van der Waals surface area contributed by atoms with Gasteiger partial charge in [-0.3, -0.25) is 0 Å². The molecule has 0 bridgehead atoms. The van der Waals surface area contributed by atoms with E-state index in [1.54, 1.807) is 6.07 Å². The molecule has 6 nitrogen and oxygen atoms in total. The lowest BCUT2D eigenvalue weighted by atomic mass is 10.1. The van der Waals surface area contributed by atoms with Crippen molar-refractivity contribution in [3.63, 3.8) is 0 Å². The molecule has 2 aromatic rings. The van der Waals surface area contributed by atoms with Crippen LogP contribution in [0, 0.1) is 0 Å². The minimum absolute atomic E-state index is 0.289. The molecule has 6 heteroatoms. The fraction of sp³-hybridized carbons (Fsp3) is 0.500. The number of ether oxygens (including phenoxy) is 1. The van der Waals surface area contributed by atoms with Gasteiger partial charge >= 0.3 is 0 Å². The van der Waals surface area contributed by atoms with E-state index in [1.165, 1.54) is 0 Å². The number of aromatic nitrogens is 4. The van der Waals surface area contributed by atoms with Crippen molar-refractivity contribution in [3.05, 3.63) is 18.2 Å². The minimum atomic E-state index is 0.289. The van der Waals surface area contributed by atoms with Crippen molar-refractivity contribution in [2.45, 2.75) is 39.7 Å². The third-order valence-corrected chi connectivity index (χ3v) is 3.28. The number of tetrazole rings is 1. The van der Waals surface area contributed by atoms with Gasteiger partial charge in [-0.05, 0) is 42.3 Å². The van der Waals surface area contributed by atoms with E-state index in [-0.39, 0.29) is 6.04 Å². The summed E-state index contributed by atoms with van der Waals surface area (Å²) in [6.07, 6.45) is 1.96. The van der Waals surface area contributed by atoms with Gasteiger partial charge in [-0.2, -0.15) is 0 Å². The Morgan fingerprint density at radius 2 is 1.95 bits per heavy atom. The molecule has 0 radical (unpaired) electrons. The average Bonchev–Trinajstić information content (AvgIpc) is 2.89. The van der Waals surface area contributed by atoms with Crippen LogP contribution in [0.2, 0.25) is 0 Å². The SMILES string of the molecule is CCOc1cc(N)cc(-c2nnnn2C(CC)CC)c1. The lowest BCUT2D eigenvalue weighted by Gasteiger charge is -2.15. The summed E-state index contributed by atoms with van der Waals surface area (Å²) in [6, 6.07) is 5.88. The van der Waals surface area contributed by atoms with Gasteiger partial charge in [0.2, 0.25) is 0 Å². The van der Waals surface area contributed by atoms with Crippen LogP contribution in [-0.2, 0) is 0 Å². The third kappa shape index (κ3) is 2.89. The van der Waals surface area contributed by atoms with Gasteiger partial charge in [0.1, 0.15) is 5.75 Å². The molecular weight excluding hydrogens is 254 g/mol. The molecule has 0 saturated heterocycles. The molecule has 1 aromatic carbocycles. The number of anilines is 1. The number of nitrogens with two attached hydrogens (primary N) is 1. The average molecular weight is 275 g/mol. The molecule has 1 heterocycles. The maximum atomic E-state index is 5.93. The first kappa shape index (κ1) is 14.3. The summed E-state index contributed by atoms with van der Waals surface area (Å²) in [5.74, 6) is 1.47. The maximum Gasteiger partial charge on any atom is 0.182 e. The van der Waals surface area contributed by atoms with Crippen LogP contribution < -0.4 is 10.5 Å². The predicted octanol–water partition coefficient (Wildman–Crippen LogP) is 2.68. The Bertz CT molecular complexity index is 562. The molecule has 0 unspecified atom stereocenters. The molecule has 108 valence electrons. The highest BCUT2D eigenvalue weighted by Gasteiger charge is 2.16. The van der Waals surface area contributed by atoms with Crippen LogP contribution in [0.25, 0.3) is 11.4 Å². The minimum Gasteiger partial charge on any atom is -0.494 e. The normalized spacial score (nSPS) is 11.0. The molecule has 0 aliphatic heterocycles. The number of nitrogen functional groups attached to an aromatic ring is 1. The molecule has 0 atom stereocenters. The van der Waals surface area contributed by atoms with Crippen molar-refractivity contribution in [1.29, 1.82) is 0 Å². The molecule has 20 heavy (non-hydrogen) atoms. The van der Waals surface area contributed by atoms with Gasteiger partial charge < -0.3 is 10.5 Å². The summed E-state index contributed by atoms with van der Waals surface area (Å²) in [5, 5.41) is 12.1. The fourth-order valence-corrected chi connectivity index (χ4v) is 2.27. The smallest absolute Gasteiger partial charge is 0.182 e. The van der Waals surface area contributed by atoms with Crippen molar-refractivity contribution in [2.24, 2.45) is 0 Å². The van der Waals surface area contributed by atoms with E-state index < -0.39 is 0 Å². The van der Waals surface area contributed by atoms with E-state index in [4.69, 9.17) is 10.5 Å². The summed E-state index contributed by atoms with van der Waals surface area (Å²) in [7, 11) is 0. The molecule has 0 amide bonds. The van der Waals surface area contributed by atoms with Crippen molar-refractivity contribution in [1.82, 2.24) is 20.2 Å². The molecule has 0 saturated carbocycles. The van der Waals surface area contributed by atoms with E-state index in [0.29, 0.717) is 12.3 Å². The molecule has 0 spiro atoms. The van der Waals surface area contributed by atoms with Gasteiger partial charge in [0, 0.05) is 17.3 Å². The van der Waals surface area contributed by atoms with Crippen LogP contribution in [0.4, 0.5) is 5.69 Å². The molecule has 0 aliphatic carbocycles. The first-order valence-electron chi connectivity index (χ1n) is 7.01. The monoisotopic (exact) mass is 275 g/mol. The van der Waals surface area contributed by atoms with Gasteiger partial charge in [0.05, 0.1) is 12.6 Å². The highest BCUT2D eigenvalue weighted by molar-refractivity contribution is 5.64. The number of rotatable bonds is 6. The van der Waals surface area contributed by atoms with E-state index >= 15 is 0 Å². The Hall–Kier alpha value is -2.11. The summed E-state index contributed by atoms with van der Waals surface area (Å²) >= 11 is 0. The van der Waals surface area contributed by atoms with Crippen LogP contribution in [0.1, 0.15) is 39.7 Å². The van der Waals surface area contributed by atoms with Gasteiger partial charge in [0.15, 0.2) is 5.82 Å². The van der Waals surface area contributed by atoms with Crippen molar-refractivity contribution >= 4 is 5.69 Å². The molecule has 2 N–H and O–H groups in total. The fourth-order valence-electron chi connectivity index (χ4n) is 2.27. The quantitative estimate of drug-likeness (QED) is 0.820. The zero-order chi connectivity index (χ0) is 14.5. The summed E-state index contributed by atoms with van der Waals surface area (Å²) in [4.78, 5) is 0. The highest BCUT2D eigenvalue weighted by Crippen LogP contribution is 2.28. The molecule has 0 aliphatic rings. The second-order valence-corrected chi connectivity index (χ2v) is 4.64. The van der Waals surface area contributed by atoms with Crippen LogP contribution in [-0.4, -0.2) is 26.8 Å². The van der Waals surface area contributed by atoms with Gasteiger partial charge in [-0.1, -0.05) is 13.8 Å². The van der Waals surface area contributed by atoms with Crippen LogP contribution in [0.15, 0.2) is 18.2 Å². The van der Waals surface area contributed by atoms with Crippen LogP contribution in [0.5, 0.6) is 5.75 Å². The Balaban J connectivity index is 2.44. The van der Waals surface area contributed by atoms with Gasteiger partial charge in [0.25, 0.3) is 0 Å². The molecule has 0 fully saturated rings. The molecule has 2 rings (SSSR count). The Morgan fingerprint density at radius 3 is 2.60 bits per heavy atom. The predicted molar refractivity (Wildman–Crippen MR) is 78.5 cm³/mol. The molecular formula is C14H21N5O. The van der Waals surface area contributed by atoms with E-state index in [9.17, 15) is 0 Å². The first-order chi connectivity index (χ1) is 9.69. The van der Waals surface area contributed by atoms with E-state index in [1.807, 2.05) is 23.7 Å². The van der Waals surface area contributed by atoms with Crippen molar-refractivity contribution < 1.29 is 4.74 Å². The third-order valence-electron chi connectivity index (χ3n) is 3.28. The Morgan fingerprint density at radius 1 is 1.20 bits per heavy atom. The number of benzene rings is 1. The topological polar surface area (TPSA) is 78.8 Å². The molecule has 1 aromatic heterocycles.